The van der Waals surface area contributed by atoms with Gasteiger partial charge in [0.2, 0.25) is 7.37 Å². The van der Waals surface area contributed by atoms with Crippen molar-refractivity contribution in [1.29, 1.82) is 0 Å². The van der Waals surface area contributed by atoms with Crippen molar-refractivity contribution >= 4 is 12.7 Å². The van der Waals surface area contributed by atoms with Crippen LogP contribution >= 0.6 is 7.37 Å². The Hall–Kier alpha value is -0.0705. The van der Waals surface area contributed by atoms with Gasteiger partial charge >= 0.3 is 0 Å². The molecule has 0 saturated heterocycles. The fraction of sp³-hybridized carbons (Fsp3) is 0.455. The molecular formula is C11H17FeO2P. The Morgan fingerprint density at radius 1 is 1.27 bits per heavy atom. The SMILES string of the molecule is CCCCP(=O)(O)c1ccc(C)cc1.[Fe]. The van der Waals surface area contributed by atoms with E-state index in [2.05, 4.69) is 0 Å². The van der Waals surface area contributed by atoms with Gasteiger partial charge < -0.3 is 4.89 Å². The maximum Gasteiger partial charge on any atom is 0.229 e. The Labute approximate surface area is 102 Å². The summed E-state index contributed by atoms with van der Waals surface area (Å²) in [5.74, 6) is 0. The van der Waals surface area contributed by atoms with Gasteiger partial charge in [0, 0.05) is 28.5 Å². The van der Waals surface area contributed by atoms with Gasteiger partial charge in [0.1, 0.15) is 0 Å². The molecule has 0 bridgehead atoms. The second-order valence-corrected chi connectivity index (χ2v) is 5.98. The number of aryl methyl sites for hydroxylation is 1. The molecule has 4 heteroatoms. The molecule has 0 aliphatic carbocycles. The largest absolute Gasteiger partial charge is 0.341 e. The van der Waals surface area contributed by atoms with Crippen LogP contribution in [-0.4, -0.2) is 11.1 Å². The van der Waals surface area contributed by atoms with Gasteiger partial charge in [-0.2, -0.15) is 0 Å². The molecule has 1 aromatic carbocycles. The van der Waals surface area contributed by atoms with Crippen LogP contribution in [-0.2, 0) is 21.6 Å². The van der Waals surface area contributed by atoms with E-state index in [4.69, 9.17) is 0 Å². The maximum atomic E-state index is 11.8. The molecule has 1 unspecified atom stereocenters. The van der Waals surface area contributed by atoms with E-state index < -0.39 is 7.37 Å². The van der Waals surface area contributed by atoms with Crippen LogP contribution in [0.25, 0.3) is 0 Å². The topological polar surface area (TPSA) is 37.3 Å². The first kappa shape index (κ1) is 14.9. The average molecular weight is 268 g/mol. The Balaban J connectivity index is 0.00000196. The second kappa shape index (κ2) is 6.50. The van der Waals surface area contributed by atoms with Gasteiger partial charge in [-0.25, -0.2) is 0 Å². The fourth-order valence-corrected chi connectivity index (χ4v) is 2.90. The van der Waals surface area contributed by atoms with Crippen molar-refractivity contribution in [3.8, 4) is 0 Å². The molecule has 0 saturated carbocycles. The van der Waals surface area contributed by atoms with E-state index in [1.165, 1.54) is 0 Å². The van der Waals surface area contributed by atoms with Gasteiger partial charge in [-0.15, -0.1) is 0 Å². The van der Waals surface area contributed by atoms with Crippen LogP contribution in [0.3, 0.4) is 0 Å². The predicted molar refractivity (Wildman–Crippen MR) is 60.4 cm³/mol. The molecule has 1 N–H and O–H groups in total. The number of unbranched alkanes of at least 4 members (excludes halogenated alkanes) is 1. The number of rotatable bonds is 4. The van der Waals surface area contributed by atoms with E-state index in [0.29, 0.717) is 11.5 Å². The number of benzene rings is 1. The molecule has 0 fully saturated rings. The molecule has 0 aliphatic heterocycles. The van der Waals surface area contributed by atoms with Crippen molar-refractivity contribution in [2.75, 3.05) is 6.16 Å². The third-order valence-electron chi connectivity index (χ3n) is 2.25. The summed E-state index contributed by atoms with van der Waals surface area (Å²) in [4.78, 5) is 9.76. The van der Waals surface area contributed by atoms with Crippen LogP contribution < -0.4 is 5.30 Å². The molecule has 1 aromatic rings. The fourth-order valence-electron chi connectivity index (χ4n) is 1.28. The zero-order valence-corrected chi connectivity index (χ0v) is 11.1. The summed E-state index contributed by atoms with van der Waals surface area (Å²) >= 11 is 0. The van der Waals surface area contributed by atoms with E-state index >= 15 is 0 Å². The Bertz CT molecular complexity index is 335. The summed E-state index contributed by atoms with van der Waals surface area (Å²) in [6, 6.07) is 7.27. The predicted octanol–water partition coefficient (Wildman–Crippen LogP) is 2.69. The van der Waals surface area contributed by atoms with Crippen LogP contribution in [0.4, 0.5) is 0 Å². The minimum absolute atomic E-state index is 0. The van der Waals surface area contributed by atoms with Crippen molar-refractivity contribution in [2.24, 2.45) is 0 Å². The van der Waals surface area contributed by atoms with Crippen LogP contribution in [0.2, 0.25) is 0 Å². The van der Waals surface area contributed by atoms with Gasteiger partial charge in [-0.05, 0) is 25.5 Å². The van der Waals surface area contributed by atoms with Crippen molar-refractivity contribution in [1.82, 2.24) is 0 Å². The smallest absolute Gasteiger partial charge is 0.229 e. The zero-order valence-electron chi connectivity index (χ0n) is 9.09. The molecule has 86 valence electrons. The zero-order chi connectivity index (χ0) is 10.6. The summed E-state index contributed by atoms with van der Waals surface area (Å²) in [5.41, 5.74) is 1.12. The summed E-state index contributed by atoms with van der Waals surface area (Å²) in [6.07, 6.45) is 2.16. The van der Waals surface area contributed by atoms with Crippen molar-refractivity contribution < 1.29 is 26.5 Å². The Morgan fingerprint density at radius 3 is 2.27 bits per heavy atom. The molecule has 0 aliphatic rings. The van der Waals surface area contributed by atoms with Gasteiger partial charge in [0.25, 0.3) is 0 Å². The summed E-state index contributed by atoms with van der Waals surface area (Å²) in [7, 11) is -3.08. The monoisotopic (exact) mass is 268 g/mol. The Kier molecular flexibility index (Phi) is 6.47. The van der Waals surface area contributed by atoms with E-state index in [1.54, 1.807) is 12.1 Å². The first-order valence-electron chi connectivity index (χ1n) is 4.95. The van der Waals surface area contributed by atoms with Crippen LogP contribution in [0.5, 0.6) is 0 Å². The maximum absolute atomic E-state index is 11.8. The standard InChI is InChI=1S/C11H17O2P.Fe/c1-3-4-9-14(12,13)11-7-5-10(2)6-8-11;/h5-8H,3-4,9H2,1-2H3,(H,12,13);. The molecular weight excluding hydrogens is 251 g/mol. The van der Waals surface area contributed by atoms with Gasteiger partial charge in [-0.1, -0.05) is 31.0 Å². The summed E-state index contributed by atoms with van der Waals surface area (Å²) in [6.45, 7) is 3.99. The van der Waals surface area contributed by atoms with Crippen LogP contribution in [0.15, 0.2) is 24.3 Å². The second-order valence-electron chi connectivity index (χ2n) is 3.61. The van der Waals surface area contributed by atoms with Gasteiger partial charge in [0.05, 0.1) is 0 Å². The molecule has 2 nitrogen and oxygen atoms in total. The summed E-state index contributed by atoms with van der Waals surface area (Å²) < 4.78 is 11.8. The molecule has 0 heterocycles. The molecule has 1 rings (SSSR count). The quantitative estimate of drug-likeness (QED) is 0.673. The first-order valence-corrected chi connectivity index (χ1v) is 6.80. The molecule has 0 amide bonds. The molecule has 0 radical (unpaired) electrons. The average Bonchev–Trinajstić information content (AvgIpc) is 2.16. The van der Waals surface area contributed by atoms with Gasteiger partial charge in [-0.3, -0.25) is 4.57 Å². The van der Waals surface area contributed by atoms with E-state index in [1.807, 2.05) is 26.0 Å². The van der Waals surface area contributed by atoms with E-state index in [0.717, 1.165) is 18.4 Å². The van der Waals surface area contributed by atoms with E-state index in [-0.39, 0.29) is 17.1 Å². The summed E-state index contributed by atoms with van der Waals surface area (Å²) in [5, 5.41) is 0.580. The number of hydrogen-bond donors (Lipinski definition) is 1. The Morgan fingerprint density at radius 2 is 1.80 bits per heavy atom. The molecule has 15 heavy (non-hydrogen) atoms. The third kappa shape index (κ3) is 4.53. The van der Waals surface area contributed by atoms with Crippen molar-refractivity contribution in [3.05, 3.63) is 29.8 Å². The van der Waals surface area contributed by atoms with Crippen molar-refractivity contribution in [2.45, 2.75) is 26.7 Å². The van der Waals surface area contributed by atoms with Crippen LogP contribution in [0.1, 0.15) is 25.3 Å². The van der Waals surface area contributed by atoms with Gasteiger partial charge in [0.15, 0.2) is 0 Å². The molecule has 0 aromatic heterocycles. The van der Waals surface area contributed by atoms with Crippen LogP contribution in [0, 0.1) is 6.92 Å². The molecule has 0 spiro atoms. The minimum Gasteiger partial charge on any atom is -0.341 e. The normalized spacial score (nSPS) is 14.1. The van der Waals surface area contributed by atoms with Crippen molar-refractivity contribution in [3.63, 3.8) is 0 Å². The van der Waals surface area contributed by atoms with E-state index in [9.17, 15) is 9.46 Å². The molecule has 1 atom stereocenters. The third-order valence-corrected chi connectivity index (χ3v) is 4.28. The first-order chi connectivity index (χ1) is 6.56. The number of hydrogen-bond acceptors (Lipinski definition) is 1. The minimum atomic E-state index is -3.08.